The van der Waals surface area contributed by atoms with E-state index in [9.17, 15) is 9.59 Å². The first-order valence-electron chi connectivity index (χ1n) is 6.79. The number of likely N-dealkylation sites (tertiary alicyclic amines) is 1. The van der Waals surface area contributed by atoms with Crippen LogP contribution in [0.25, 0.3) is 0 Å². The molecule has 0 spiro atoms. The molecule has 1 saturated heterocycles. The first kappa shape index (κ1) is 13.8. The van der Waals surface area contributed by atoms with E-state index in [1.54, 1.807) is 18.2 Å². The minimum Gasteiger partial charge on any atom is -0.278 e. The quantitative estimate of drug-likeness (QED) is 0.815. The lowest BCUT2D eigenvalue weighted by atomic mass is 9.98. The van der Waals surface area contributed by atoms with Crippen molar-refractivity contribution in [3.05, 3.63) is 70.7 Å². The van der Waals surface area contributed by atoms with Gasteiger partial charge in [0.1, 0.15) is 0 Å². The Kier molecular flexibility index (Phi) is 3.76. The number of hydrogen-bond donors (Lipinski definition) is 0. The summed E-state index contributed by atoms with van der Waals surface area (Å²) in [7, 11) is 0. The van der Waals surface area contributed by atoms with E-state index >= 15 is 0 Å². The van der Waals surface area contributed by atoms with Gasteiger partial charge in [-0.15, -0.1) is 0 Å². The fraction of sp³-hybridized carbons (Fsp3) is 0.176. The summed E-state index contributed by atoms with van der Waals surface area (Å²) < 4.78 is 0. The van der Waals surface area contributed by atoms with E-state index in [2.05, 4.69) is 0 Å². The number of hydrogen-bond acceptors (Lipinski definition) is 2. The van der Waals surface area contributed by atoms with Gasteiger partial charge in [-0.25, -0.2) is 0 Å². The Morgan fingerprint density at radius 3 is 2.52 bits per heavy atom. The predicted molar refractivity (Wildman–Crippen MR) is 80.8 cm³/mol. The average molecular weight is 300 g/mol. The minimum atomic E-state index is -0.417. The zero-order chi connectivity index (χ0) is 14.8. The molecule has 106 valence electrons. The number of imide groups is 1. The molecule has 0 saturated carbocycles. The molecule has 1 heterocycles. The lowest BCUT2D eigenvalue weighted by Crippen LogP contribution is -2.29. The van der Waals surface area contributed by atoms with Gasteiger partial charge in [0.15, 0.2) is 0 Å². The van der Waals surface area contributed by atoms with E-state index in [4.69, 9.17) is 11.6 Å². The number of carbonyl (C=O) groups excluding carboxylic acids is 2. The molecule has 0 radical (unpaired) electrons. The zero-order valence-corrected chi connectivity index (χ0v) is 12.1. The van der Waals surface area contributed by atoms with Gasteiger partial charge in [0.05, 0.1) is 12.5 Å². The van der Waals surface area contributed by atoms with Crippen LogP contribution in [0.1, 0.15) is 23.5 Å². The SMILES string of the molecule is O=C1C[C@H](c2cccc(Cl)c2)C(=O)N1Cc1ccccc1. The summed E-state index contributed by atoms with van der Waals surface area (Å²) >= 11 is 5.96. The summed E-state index contributed by atoms with van der Waals surface area (Å²) in [5.41, 5.74) is 1.75. The third-order valence-corrected chi connectivity index (χ3v) is 3.91. The highest BCUT2D eigenvalue weighted by atomic mass is 35.5. The predicted octanol–water partition coefficient (Wildman–Crippen LogP) is 3.38. The Morgan fingerprint density at radius 1 is 1.05 bits per heavy atom. The largest absolute Gasteiger partial charge is 0.278 e. The van der Waals surface area contributed by atoms with Gasteiger partial charge in [0.2, 0.25) is 11.8 Å². The fourth-order valence-electron chi connectivity index (χ4n) is 2.60. The molecule has 3 rings (SSSR count). The summed E-state index contributed by atoms with van der Waals surface area (Å²) in [6.07, 6.45) is 0.214. The number of carbonyl (C=O) groups is 2. The molecular weight excluding hydrogens is 286 g/mol. The molecule has 1 atom stereocenters. The zero-order valence-electron chi connectivity index (χ0n) is 11.3. The van der Waals surface area contributed by atoms with E-state index in [1.807, 2.05) is 36.4 Å². The lowest BCUT2D eigenvalue weighted by molar-refractivity contribution is -0.139. The minimum absolute atomic E-state index is 0.131. The maximum Gasteiger partial charge on any atom is 0.237 e. The molecule has 0 unspecified atom stereocenters. The molecule has 0 aromatic heterocycles. The normalized spacial score (nSPS) is 18.3. The summed E-state index contributed by atoms with van der Waals surface area (Å²) in [6, 6.07) is 16.7. The maximum absolute atomic E-state index is 12.5. The van der Waals surface area contributed by atoms with Crippen molar-refractivity contribution in [2.75, 3.05) is 0 Å². The van der Waals surface area contributed by atoms with Gasteiger partial charge in [-0.1, -0.05) is 54.1 Å². The molecule has 0 N–H and O–H groups in total. The maximum atomic E-state index is 12.5. The van der Waals surface area contributed by atoms with Crippen LogP contribution < -0.4 is 0 Å². The molecule has 1 fully saturated rings. The van der Waals surface area contributed by atoms with Crippen molar-refractivity contribution >= 4 is 23.4 Å². The lowest BCUT2D eigenvalue weighted by Gasteiger charge is -2.15. The molecule has 2 aromatic carbocycles. The second-order valence-corrected chi connectivity index (χ2v) is 5.55. The number of halogens is 1. The highest BCUT2D eigenvalue weighted by molar-refractivity contribution is 6.30. The third kappa shape index (κ3) is 2.83. The molecule has 1 aliphatic rings. The van der Waals surface area contributed by atoms with Gasteiger partial charge < -0.3 is 0 Å². The summed E-state index contributed by atoms with van der Waals surface area (Å²) in [5, 5.41) is 0.578. The van der Waals surface area contributed by atoms with Crippen molar-refractivity contribution in [2.24, 2.45) is 0 Å². The molecule has 0 bridgehead atoms. The van der Waals surface area contributed by atoms with Crippen LogP contribution in [0.4, 0.5) is 0 Å². The van der Waals surface area contributed by atoms with E-state index in [0.29, 0.717) is 11.6 Å². The highest BCUT2D eigenvalue weighted by Gasteiger charge is 2.39. The Labute approximate surface area is 128 Å². The van der Waals surface area contributed by atoms with Crippen LogP contribution in [0.15, 0.2) is 54.6 Å². The van der Waals surface area contributed by atoms with E-state index in [0.717, 1.165) is 11.1 Å². The van der Waals surface area contributed by atoms with Gasteiger partial charge in [0.25, 0.3) is 0 Å². The smallest absolute Gasteiger partial charge is 0.237 e. The Bertz CT molecular complexity index is 684. The number of rotatable bonds is 3. The molecule has 0 aliphatic carbocycles. The van der Waals surface area contributed by atoms with E-state index < -0.39 is 5.92 Å². The molecule has 1 aliphatic heterocycles. The van der Waals surface area contributed by atoms with Crippen molar-refractivity contribution in [3.63, 3.8) is 0 Å². The molecular formula is C17H14ClNO2. The molecule has 3 nitrogen and oxygen atoms in total. The first-order chi connectivity index (χ1) is 10.1. The first-order valence-corrected chi connectivity index (χ1v) is 7.16. The molecule has 2 amide bonds. The van der Waals surface area contributed by atoms with Crippen LogP contribution in [-0.4, -0.2) is 16.7 Å². The van der Waals surface area contributed by atoms with Gasteiger partial charge >= 0.3 is 0 Å². The van der Waals surface area contributed by atoms with E-state index in [1.165, 1.54) is 4.90 Å². The van der Waals surface area contributed by atoms with Crippen molar-refractivity contribution < 1.29 is 9.59 Å². The third-order valence-electron chi connectivity index (χ3n) is 3.68. The van der Waals surface area contributed by atoms with E-state index in [-0.39, 0.29) is 18.2 Å². The second kappa shape index (κ2) is 5.70. The Hall–Kier alpha value is -2.13. The number of nitrogens with zero attached hydrogens (tertiary/aromatic N) is 1. The fourth-order valence-corrected chi connectivity index (χ4v) is 2.80. The topological polar surface area (TPSA) is 37.4 Å². The van der Waals surface area contributed by atoms with Crippen molar-refractivity contribution in [1.29, 1.82) is 0 Å². The van der Waals surface area contributed by atoms with Crippen molar-refractivity contribution in [2.45, 2.75) is 18.9 Å². The summed E-state index contributed by atoms with van der Waals surface area (Å²) in [6.45, 7) is 0.329. The van der Waals surface area contributed by atoms with Crippen LogP contribution >= 0.6 is 11.6 Å². The van der Waals surface area contributed by atoms with Crippen LogP contribution in [0.5, 0.6) is 0 Å². The van der Waals surface area contributed by atoms with Crippen LogP contribution in [0.3, 0.4) is 0 Å². The molecule has 2 aromatic rings. The Morgan fingerprint density at radius 2 is 1.81 bits per heavy atom. The second-order valence-electron chi connectivity index (χ2n) is 5.12. The number of benzene rings is 2. The van der Waals surface area contributed by atoms with Gasteiger partial charge in [0, 0.05) is 11.4 Å². The molecule has 4 heteroatoms. The van der Waals surface area contributed by atoms with Gasteiger partial charge in [-0.05, 0) is 23.3 Å². The van der Waals surface area contributed by atoms with Gasteiger partial charge in [-0.2, -0.15) is 0 Å². The highest BCUT2D eigenvalue weighted by Crippen LogP contribution is 2.31. The average Bonchev–Trinajstić information content (AvgIpc) is 2.76. The van der Waals surface area contributed by atoms with Crippen molar-refractivity contribution in [1.82, 2.24) is 4.90 Å². The number of amides is 2. The summed E-state index contributed by atoms with van der Waals surface area (Å²) in [4.78, 5) is 26.0. The van der Waals surface area contributed by atoms with Gasteiger partial charge in [-0.3, -0.25) is 14.5 Å². The van der Waals surface area contributed by atoms with Crippen LogP contribution in [0, 0.1) is 0 Å². The van der Waals surface area contributed by atoms with Crippen molar-refractivity contribution in [3.8, 4) is 0 Å². The monoisotopic (exact) mass is 299 g/mol. The standard InChI is InChI=1S/C17H14ClNO2/c18-14-8-4-7-13(9-14)15-10-16(20)19(17(15)21)11-12-5-2-1-3-6-12/h1-9,15H,10-11H2/t15-/m1/s1. The summed E-state index contributed by atoms with van der Waals surface area (Å²) in [5.74, 6) is -0.695. The molecule has 21 heavy (non-hydrogen) atoms. The van der Waals surface area contributed by atoms with Crippen LogP contribution in [0.2, 0.25) is 5.02 Å². The van der Waals surface area contributed by atoms with Crippen LogP contribution in [-0.2, 0) is 16.1 Å². The Balaban J connectivity index is 1.82.